The third kappa shape index (κ3) is 12.2. The van der Waals surface area contributed by atoms with Gasteiger partial charge in [0.15, 0.2) is 24.6 Å². The molecular weight excluding hydrogens is 799 g/mol. The van der Waals surface area contributed by atoms with Crippen molar-refractivity contribution in [3.8, 4) is 0 Å². The lowest BCUT2D eigenvalue weighted by atomic mass is 9.92. The van der Waals surface area contributed by atoms with Crippen LogP contribution in [-0.4, -0.2) is 125 Å². The van der Waals surface area contributed by atoms with E-state index in [9.17, 15) is 24.3 Å². The Morgan fingerprint density at radius 3 is 2.07 bits per heavy atom. The summed E-state index contributed by atoms with van der Waals surface area (Å²) >= 11 is 5.80. The zero-order valence-corrected chi connectivity index (χ0v) is 34.8. The molecule has 8 atom stereocenters. The molecule has 0 saturated carbocycles. The second kappa shape index (κ2) is 20.9. The lowest BCUT2D eigenvalue weighted by Gasteiger charge is -2.44. The van der Waals surface area contributed by atoms with Gasteiger partial charge in [-0.15, -0.1) is 0 Å². The number of ether oxygens (including phenoxy) is 7. The SMILES string of the molecule is CC(=O)OCC1OC(CC(=S)Nc2cccc(C3OC(CN4CCN(c5ncccn5)CC4)CC(c4ccc(CO)cc4)O3)c2)C(OC(C)=O)C(OC(C)=O)C1OC(C)=O. The molecule has 3 saturated heterocycles. The Bertz CT molecular complexity index is 1950. The third-order valence-electron chi connectivity index (χ3n) is 10.2. The number of nitrogens with zero attached hydrogens (tertiary/aromatic N) is 4. The van der Waals surface area contributed by atoms with Gasteiger partial charge in [-0.1, -0.05) is 48.6 Å². The highest BCUT2D eigenvalue weighted by atomic mass is 32.1. The zero-order chi connectivity index (χ0) is 42.8. The fourth-order valence-corrected chi connectivity index (χ4v) is 7.83. The average molecular weight is 850 g/mol. The number of aliphatic hydroxyl groups is 1. The molecule has 0 aliphatic carbocycles. The monoisotopic (exact) mass is 849 g/mol. The molecule has 2 N–H and O–H groups in total. The van der Waals surface area contributed by atoms with Crippen LogP contribution in [0.4, 0.5) is 11.6 Å². The van der Waals surface area contributed by atoms with Gasteiger partial charge in [-0.2, -0.15) is 0 Å². The number of carbonyl (C=O) groups excluding carboxylic acids is 4. The lowest BCUT2D eigenvalue weighted by molar-refractivity contribution is -0.253. The minimum Gasteiger partial charge on any atom is -0.463 e. The molecule has 60 heavy (non-hydrogen) atoms. The second-order valence-corrected chi connectivity index (χ2v) is 15.3. The summed E-state index contributed by atoms with van der Waals surface area (Å²) in [6.45, 7) is 8.21. The van der Waals surface area contributed by atoms with Crippen molar-refractivity contribution in [2.45, 2.75) is 96.2 Å². The van der Waals surface area contributed by atoms with Crippen molar-refractivity contribution in [3.05, 3.63) is 83.7 Å². The Kier molecular flexibility index (Phi) is 15.5. The van der Waals surface area contributed by atoms with Crippen LogP contribution < -0.4 is 10.2 Å². The summed E-state index contributed by atoms with van der Waals surface area (Å²) in [7, 11) is 0. The number of hydrogen-bond donors (Lipinski definition) is 2. The van der Waals surface area contributed by atoms with E-state index in [0.29, 0.717) is 18.7 Å². The van der Waals surface area contributed by atoms with Gasteiger partial charge in [0.25, 0.3) is 0 Å². The number of rotatable bonds is 14. The summed E-state index contributed by atoms with van der Waals surface area (Å²) in [5.41, 5.74) is 3.12. The number of aromatic nitrogens is 2. The molecule has 3 aliphatic rings. The highest BCUT2D eigenvalue weighted by molar-refractivity contribution is 7.80. The van der Waals surface area contributed by atoms with E-state index in [1.807, 2.05) is 48.5 Å². The van der Waals surface area contributed by atoms with E-state index in [0.717, 1.165) is 55.7 Å². The molecule has 4 heterocycles. The number of piperazine rings is 1. The van der Waals surface area contributed by atoms with Crippen molar-refractivity contribution in [2.75, 3.05) is 49.5 Å². The molecule has 18 heteroatoms. The molecule has 2 aromatic carbocycles. The van der Waals surface area contributed by atoms with Crippen LogP contribution in [0.5, 0.6) is 0 Å². The summed E-state index contributed by atoms with van der Waals surface area (Å²) in [4.78, 5) is 62.2. The molecular formula is C42H51N5O12S. The van der Waals surface area contributed by atoms with Crippen LogP contribution in [0.25, 0.3) is 0 Å². The Hall–Kier alpha value is -5.11. The maximum atomic E-state index is 12.3. The van der Waals surface area contributed by atoms with Crippen LogP contribution in [0.15, 0.2) is 67.0 Å². The predicted molar refractivity (Wildman–Crippen MR) is 218 cm³/mol. The van der Waals surface area contributed by atoms with Crippen molar-refractivity contribution in [2.24, 2.45) is 0 Å². The minimum absolute atomic E-state index is 0.0350. The molecule has 0 spiro atoms. The van der Waals surface area contributed by atoms with E-state index in [1.54, 1.807) is 18.5 Å². The quantitative estimate of drug-likeness (QED) is 0.135. The average Bonchev–Trinajstić information content (AvgIpc) is 3.22. The Morgan fingerprint density at radius 2 is 1.43 bits per heavy atom. The van der Waals surface area contributed by atoms with E-state index in [-0.39, 0.29) is 36.8 Å². The number of esters is 4. The fourth-order valence-electron chi connectivity index (χ4n) is 7.55. The molecule has 17 nitrogen and oxygen atoms in total. The van der Waals surface area contributed by atoms with E-state index in [1.165, 1.54) is 20.8 Å². The highest BCUT2D eigenvalue weighted by Gasteiger charge is 2.52. The normalized spacial score (nSPS) is 25.7. The van der Waals surface area contributed by atoms with Gasteiger partial charge in [-0.25, -0.2) is 9.97 Å². The summed E-state index contributed by atoms with van der Waals surface area (Å²) in [5, 5.41) is 12.9. The predicted octanol–water partition coefficient (Wildman–Crippen LogP) is 3.59. The van der Waals surface area contributed by atoms with Gasteiger partial charge in [0.1, 0.15) is 18.8 Å². The van der Waals surface area contributed by atoms with Crippen LogP contribution in [-0.2, 0) is 58.9 Å². The van der Waals surface area contributed by atoms with Crippen LogP contribution in [0.3, 0.4) is 0 Å². The van der Waals surface area contributed by atoms with Gasteiger partial charge < -0.3 is 48.5 Å². The van der Waals surface area contributed by atoms with E-state index >= 15 is 0 Å². The second-order valence-electron chi connectivity index (χ2n) is 14.8. The Morgan fingerprint density at radius 1 is 0.783 bits per heavy atom. The van der Waals surface area contributed by atoms with E-state index in [2.05, 4.69) is 25.1 Å². The van der Waals surface area contributed by atoms with Crippen molar-refractivity contribution >= 4 is 52.7 Å². The van der Waals surface area contributed by atoms with Gasteiger partial charge in [0.2, 0.25) is 5.95 Å². The van der Waals surface area contributed by atoms with E-state index < -0.39 is 60.7 Å². The number of anilines is 2. The minimum atomic E-state index is -1.30. The smallest absolute Gasteiger partial charge is 0.303 e. The van der Waals surface area contributed by atoms with Crippen molar-refractivity contribution in [1.82, 2.24) is 14.9 Å². The van der Waals surface area contributed by atoms with Crippen LogP contribution in [0.2, 0.25) is 0 Å². The zero-order valence-electron chi connectivity index (χ0n) is 34.0. The molecule has 3 aliphatic heterocycles. The molecule has 3 aromatic rings. The fraction of sp³-hybridized carbons (Fsp3) is 0.500. The summed E-state index contributed by atoms with van der Waals surface area (Å²) < 4.78 is 41.4. The first-order valence-corrected chi connectivity index (χ1v) is 20.2. The first-order chi connectivity index (χ1) is 28.8. The van der Waals surface area contributed by atoms with Gasteiger partial charge in [0, 0.05) is 96.9 Å². The topological polar surface area (TPSA) is 197 Å². The van der Waals surface area contributed by atoms with Gasteiger partial charge in [-0.05, 0) is 29.3 Å². The molecule has 0 radical (unpaired) electrons. The first-order valence-electron chi connectivity index (χ1n) is 19.8. The van der Waals surface area contributed by atoms with Crippen LogP contribution >= 0.6 is 12.2 Å². The molecule has 6 rings (SSSR count). The standard InChI is InChI=1S/C42H51N5O12S/c1-25(49)53-24-36-39(55-27(3)51)40(56-28(4)52)38(54-26(2)50)35(58-36)21-37(60)45-32-8-5-7-31(19-32)41-57-33(20-34(59-41)30-11-9-29(23-48)10-12-30)22-46-15-17-47(18-16-46)42-43-13-6-14-44-42/h5-14,19,33-36,38-41,48H,15-18,20-24H2,1-4H3,(H,45,60). The molecule has 1 aromatic heterocycles. The molecule has 0 amide bonds. The van der Waals surface area contributed by atoms with Crippen molar-refractivity contribution in [3.63, 3.8) is 0 Å². The number of carbonyl (C=O) groups is 4. The summed E-state index contributed by atoms with van der Waals surface area (Å²) in [5.74, 6) is -2.03. The van der Waals surface area contributed by atoms with Crippen LogP contribution in [0, 0.1) is 0 Å². The molecule has 322 valence electrons. The molecule has 8 unspecified atom stereocenters. The van der Waals surface area contributed by atoms with Crippen molar-refractivity contribution in [1.29, 1.82) is 0 Å². The number of nitrogens with one attached hydrogen (secondary N) is 1. The first kappa shape index (κ1) is 44.4. The highest BCUT2D eigenvalue weighted by Crippen LogP contribution is 2.39. The lowest BCUT2D eigenvalue weighted by Crippen LogP contribution is -2.62. The maximum absolute atomic E-state index is 12.3. The van der Waals surface area contributed by atoms with Gasteiger partial charge in [0.05, 0.1) is 23.8 Å². The summed E-state index contributed by atoms with van der Waals surface area (Å²) in [6, 6.07) is 17.0. The Balaban J connectivity index is 1.18. The van der Waals surface area contributed by atoms with Crippen molar-refractivity contribution < 1.29 is 57.4 Å². The summed E-state index contributed by atoms with van der Waals surface area (Å²) in [6.07, 6.45) is -3.04. The van der Waals surface area contributed by atoms with Gasteiger partial charge >= 0.3 is 23.9 Å². The van der Waals surface area contributed by atoms with Gasteiger partial charge in [-0.3, -0.25) is 24.1 Å². The molecule has 0 bridgehead atoms. The largest absolute Gasteiger partial charge is 0.463 e. The molecule has 3 fully saturated rings. The third-order valence-corrected chi connectivity index (χ3v) is 10.5. The maximum Gasteiger partial charge on any atom is 0.303 e. The number of hydrogen-bond acceptors (Lipinski definition) is 17. The Labute approximate surface area is 353 Å². The number of aliphatic hydroxyl groups excluding tert-OH is 1. The number of thiocarbonyl (C=S) groups is 1. The number of benzene rings is 2. The van der Waals surface area contributed by atoms with E-state index in [4.69, 9.17) is 45.4 Å². The van der Waals surface area contributed by atoms with Crippen LogP contribution in [0.1, 0.15) is 69.6 Å².